The quantitative estimate of drug-likeness (QED) is 0.406. The Labute approximate surface area is 132 Å². The molecule has 2 N–H and O–H groups in total. The number of unbranched alkanes of at least 4 members (excludes halogenated alkanes) is 7. The number of hydrogen-bond acceptors (Lipinski definition) is 1. The van der Waals surface area contributed by atoms with Crippen molar-refractivity contribution >= 4 is 22.6 Å². The summed E-state index contributed by atoms with van der Waals surface area (Å²) in [6, 6.07) is 8.83. The third kappa shape index (κ3) is 7.93. The van der Waals surface area contributed by atoms with Crippen LogP contribution in [0.1, 0.15) is 76.3 Å². The van der Waals surface area contributed by atoms with Crippen molar-refractivity contribution in [3.63, 3.8) is 0 Å². The second kappa shape index (κ2) is 10.7. The summed E-state index contributed by atoms with van der Waals surface area (Å²) in [6.45, 7) is 2.27. The van der Waals surface area contributed by atoms with Crippen molar-refractivity contribution in [1.29, 1.82) is 0 Å². The molecule has 19 heavy (non-hydrogen) atoms. The minimum absolute atomic E-state index is 0.220. The predicted octanol–water partition coefficient (Wildman–Crippen LogP) is 5.82. The van der Waals surface area contributed by atoms with Crippen molar-refractivity contribution in [2.75, 3.05) is 0 Å². The van der Waals surface area contributed by atoms with Crippen molar-refractivity contribution < 1.29 is 0 Å². The van der Waals surface area contributed by atoms with Crippen molar-refractivity contribution in [3.05, 3.63) is 33.4 Å². The standard InChI is InChI=1S/C17H28IN/c1-2-3-4-5-6-7-8-9-10-17(19)15-11-13-16(18)14-12-15/h11-14,17H,2-10,19H2,1H3. The molecule has 108 valence electrons. The third-order valence-corrected chi connectivity index (χ3v) is 4.39. The summed E-state index contributed by atoms with van der Waals surface area (Å²) in [7, 11) is 0. The molecule has 0 radical (unpaired) electrons. The Bertz CT molecular complexity index is 321. The van der Waals surface area contributed by atoms with Crippen LogP contribution in [0.5, 0.6) is 0 Å². The van der Waals surface area contributed by atoms with E-state index in [2.05, 4.69) is 53.8 Å². The summed E-state index contributed by atoms with van der Waals surface area (Å²) >= 11 is 2.33. The van der Waals surface area contributed by atoms with Crippen LogP contribution >= 0.6 is 22.6 Å². The van der Waals surface area contributed by atoms with E-state index >= 15 is 0 Å². The van der Waals surface area contributed by atoms with Crippen LogP contribution in [-0.4, -0.2) is 0 Å². The van der Waals surface area contributed by atoms with Gasteiger partial charge in [0.15, 0.2) is 0 Å². The second-order valence-corrected chi connectivity index (χ2v) is 6.67. The molecule has 0 fully saturated rings. The van der Waals surface area contributed by atoms with E-state index in [1.165, 1.54) is 60.5 Å². The molecule has 0 aliphatic carbocycles. The molecule has 1 aromatic carbocycles. The normalized spacial score (nSPS) is 12.6. The topological polar surface area (TPSA) is 26.0 Å². The van der Waals surface area contributed by atoms with Gasteiger partial charge in [-0.3, -0.25) is 0 Å². The van der Waals surface area contributed by atoms with Crippen LogP contribution < -0.4 is 5.73 Å². The van der Waals surface area contributed by atoms with Gasteiger partial charge in [-0.2, -0.15) is 0 Å². The Balaban J connectivity index is 2.04. The van der Waals surface area contributed by atoms with Gasteiger partial charge in [0.25, 0.3) is 0 Å². The average molecular weight is 373 g/mol. The van der Waals surface area contributed by atoms with Gasteiger partial charge in [-0.15, -0.1) is 0 Å². The summed E-state index contributed by atoms with van der Waals surface area (Å²) in [5.74, 6) is 0. The van der Waals surface area contributed by atoms with Gasteiger partial charge < -0.3 is 5.73 Å². The summed E-state index contributed by atoms with van der Waals surface area (Å²) in [4.78, 5) is 0. The molecule has 1 rings (SSSR count). The number of nitrogens with two attached hydrogens (primary N) is 1. The maximum atomic E-state index is 6.22. The fraction of sp³-hybridized carbons (Fsp3) is 0.647. The lowest BCUT2D eigenvalue weighted by molar-refractivity contribution is 0.536. The molecule has 0 saturated carbocycles. The molecular weight excluding hydrogens is 345 g/mol. The van der Waals surface area contributed by atoms with Gasteiger partial charge in [-0.1, -0.05) is 70.4 Å². The van der Waals surface area contributed by atoms with Gasteiger partial charge in [0.05, 0.1) is 0 Å². The van der Waals surface area contributed by atoms with E-state index in [9.17, 15) is 0 Å². The Morgan fingerprint density at radius 1 is 0.895 bits per heavy atom. The average Bonchev–Trinajstić information content (AvgIpc) is 2.42. The van der Waals surface area contributed by atoms with Crippen LogP contribution in [0, 0.1) is 3.57 Å². The molecule has 0 aromatic heterocycles. The lowest BCUT2D eigenvalue weighted by atomic mass is 10.0. The first-order valence-corrected chi connectivity index (χ1v) is 8.83. The first kappa shape index (κ1) is 17.0. The summed E-state index contributed by atoms with van der Waals surface area (Å²) < 4.78 is 1.28. The highest BCUT2D eigenvalue weighted by Gasteiger charge is 2.05. The number of halogens is 1. The molecule has 2 heteroatoms. The Morgan fingerprint density at radius 3 is 2.00 bits per heavy atom. The first-order chi connectivity index (χ1) is 9.24. The van der Waals surface area contributed by atoms with E-state index in [1.54, 1.807) is 0 Å². The van der Waals surface area contributed by atoms with Gasteiger partial charge in [0, 0.05) is 9.61 Å². The Morgan fingerprint density at radius 2 is 1.42 bits per heavy atom. The molecule has 0 spiro atoms. The van der Waals surface area contributed by atoms with Gasteiger partial charge in [-0.25, -0.2) is 0 Å². The monoisotopic (exact) mass is 373 g/mol. The van der Waals surface area contributed by atoms with E-state index in [4.69, 9.17) is 5.73 Å². The lowest BCUT2D eigenvalue weighted by Crippen LogP contribution is -2.09. The zero-order valence-corrected chi connectivity index (χ0v) is 14.4. The van der Waals surface area contributed by atoms with Gasteiger partial charge >= 0.3 is 0 Å². The van der Waals surface area contributed by atoms with Crippen LogP contribution in [0.25, 0.3) is 0 Å². The molecule has 0 saturated heterocycles. The highest BCUT2D eigenvalue weighted by molar-refractivity contribution is 14.1. The van der Waals surface area contributed by atoms with E-state index in [0.29, 0.717) is 0 Å². The molecule has 0 aliphatic rings. The van der Waals surface area contributed by atoms with E-state index in [0.717, 1.165) is 6.42 Å². The zero-order chi connectivity index (χ0) is 13.9. The van der Waals surface area contributed by atoms with Crippen LogP contribution in [0.3, 0.4) is 0 Å². The van der Waals surface area contributed by atoms with Crippen LogP contribution in [-0.2, 0) is 0 Å². The number of benzene rings is 1. The smallest absolute Gasteiger partial charge is 0.0294 e. The first-order valence-electron chi connectivity index (χ1n) is 7.75. The lowest BCUT2D eigenvalue weighted by Gasteiger charge is -2.12. The van der Waals surface area contributed by atoms with Crippen molar-refractivity contribution in [3.8, 4) is 0 Å². The number of rotatable bonds is 10. The molecule has 0 aliphatic heterocycles. The number of hydrogen-bond donors (Lipinski definition) is 1. The highest BCUT2D eigenvalue weighted by atomic mass is 127. The minimum Gasteiger partial charge on any atom is -0.324 e. The Kier molecular flexibility index (Phi) is 9.52. The van der Waals surface area contributed by atoms with Crippen molar-refractivity contribution in [2.24, 2.45) is 5.73 Å². The highest BCUT2D eigenvalue weighted by Crippen LogP contribution is 2.19. The summed E-state index contributed by atoms with van der Waals surface area (Å²) in [6.07, 6.45) is 12.1. The van der Waals surface area contributed by atoms with E-state index in [1.807, 2.05) is 0 Å². The van der Waals surface area contributed by atoms with Crippen molar-refractivity contribution in [1.82, 2.24) is 0 Å². The largest absolute Gasteiger partial charge is 0.324 e. The van der Waals surface area contributed by atoms with Gasteiger partial charge in [0.1, 0.15) is 0 Å². The maximum Gasteiger partial charge on any atom is 0.0294 e. The van der Waals surface area contributed by atoms with E-state index < -0.39 is 0 Å². The molecule has 1 unspecified atom stereocenters. The molecule has 1 atom stereocenters. The molecule has 1 nitrogen and oxygen atoms in total. The molecule has 0 heterocycles. The SMILES string of the molecule is CCCCCCCCCCC(N)c1ccc(I)cc1. The fourth-order valence-electron chi connectivity index (χ4n) is 2.37. The Hall–Kier alpha value is -0.0900. The minimum atomic E-state index is 0.220. The fourth-order valence-corrected chi connectivity index (χ4v) is 2.73. The molecule has 1 aromatic rings. The summed E-state index contributed by atoms with van der Waals surface area (Å²) in [5, 5.41) is 0. The molecule has 0 bridgehead atoms. The van der Waals surface area contributed by atoms with Crippen LogP contribution in [0.2, 0.25) is 0 Å². The van der Waals surface area contributed by atoms with Gasteiger partial charge in [0.2, 0.25) is 0 Å². The second-order valence-electron chi connectivity index (χ2n) is 5.42. The van der Waals surface area contributed by atoms with Crippen molar-refractivity contribution in [2.45, 2.75) is 70.8 Å². The maximum absolute atomic E-state index is 6.22. The third-order valence-electron chi connectivity index (χ3n) is 3.67. The van der Waals surface area contributed by atoms with Crippen LogP contribution in [0.15, 0.2) is 24.3 Å². The van der Waals surface area contributed by atoms with E-state index in [-0.39, 0.29) is 6.04 Å². The van der Waals surface area contributed by atoms with Crippen LogP contribution in [0.4, 0.5) is 0 Å². The predicted molar refractivity (Wildman–Crippen MR) is 93.3 cm³/mol. The molecule has 0 amide bonds. The summed E-state index contributed by atoms with van der Waals surface area (Å²) in [5.41, 5.74) is 7.50. The van der Waals surface area contributed by atoms with Gasteiger partial charge in [-0.05, 0) is 46.7 Å². The zero-order valence-electron chi connectivity index (χ0n) is 12.2. The molecular formula is C17H28IN.